The summed E-state index contributed by atoms with van der Waals surface area (Å²) in [6.07, 6.45) is -0.312. The van der Waals surface area contributed by atoms with E-state index in [0.717, 1.165) is 15.9 Å². The Morgan fingerprint density at radius 1 is 1.20 bits per heavy atom. The minimum absolute atomic E-state index is 0.111. The second kappa shape index (κ2) is 10.5. The fourth-order valence-corrected chi connectivity index (χ4v) is 4.01. The van der Waals surface area contributed by atoms with Crippen LogP contribution < -0.4 is 14.8 Å². The first-order valence-electron chi connectivity index (χ1n) is 9.42. The van der Waals surface area contributed by atoms with Gasteiger partial charge in [-0.1, -0.05) is 30.0 Å². The number of halogens is 1. The standard InChI is InChI=1S/C21H23BrN4O3S/c1-4-26-20(14(2)29-16-9-7-8-15(12-16)28-3)24-25-21(26)30-13-19(27)23-18-11-6-5-10-17(18)22/h5-12,14H,4,13H2,1-3H3,(H,23,27). The monoisotopic (exact) mass is 490 g/mol. The van der Waals surface area contributed by atoms with Crippen molar-refractivity contribution >= 4 is 39.3 Å². The van der Waals surface area contributed by atoms with Crippen molar-refractivity contribution in [2.24, 2.45) is 0 Å². The van der Waals surface area contributed by atoms with Gasteiger partial charge in [-0.3, -0.25) is 4.79 Å². The average molecular weight is 491 g/mol. The molecule has 0 spiro atoms. The minimum atomic E-state index is -0.312. The molecule has 0 aliphatic rings. The van der Waals surface area contributed by atoms with E-state index < -0.39 is 0 Å². The van der Waals surface area contributed by atoms with Gasteiger partial charge in [-0.25, -0.2) is 0 Å². The number of ether oxygens (including phenoxy) is 2. The lowest BCUT2D eigenvalue weighted by atomic mass is 10.3. The number of carbonyl (C=O) groups excluding carboxylic acids is 1. The number of carbonyl (C=O) groups is 1. The first kappa shape index (κ1) is 22.2. The molecule has 0 aliphatic carbocycles. The van der Waals surface area contributed by atoms with E-state index in [1.54, 1.807) is 7.11 Å². The van der Waals surface area contributed by atoms with Gasteiger partial charge < -0.3 is 19.4 Å². The van der Waals surface area contributed by atoms with Gasteiger partial charge in [0, 0.05) is 17.1 Å². The van der Waals surface area contributed by atoms with Crippen molar-refractivity contribution in [3.05, 3.63) is 58.8 Å². The molecule has 1 heterocycles. The van der Waals surface area contributed by atoms with Gasteiger partial charge in [0.05, 0.1) is 18.6 Å². The molecule has 0 fully saturated rings. The van der Waals surface area contributed by atoms with Crippen molar-refractivity contribution in [3.63, 3.8) is 0 Å². The van der Waals surface area contributed by atoms with Gasteiger partial charge >= 0.3 is 0 Å². The van der Waals surface area contributed by atoms with Crippen LogP contribution in [-0.4, -0.2) is 33.5 Å². The molecule has 158 valence electrons. The van der Waals surface area contributed by atoms with Crippen molar-refractivity contribution in [2.45, 2.75) is 31.7 Å². The highest BCUT2D eigenvalue weighted by molar-refractivity contribution is 9.10. The third-order valence-corrected chi connectivity index (χ3v) is 5.92. The summed E-state index contributed by atoms with van der Waals surface area (Å²) in [6, 6.07) is 14.9. The second-order valence-corrected chi connectivity index (χ2v) is 8.14. The van der Waals surface area contributed by atoms with E-state index in [0.29, 0.717) is 23.3 Å². The smallest absolute Gasteiger partial charge is 0.234 e. The molecule has 1 atom stereocenters. The van der Waals surface area contributed by atoms with Gasteiger partial charge in [-0.15, -0.1) is 10.2 Å². The summed E-state index contributed by atoms with van der Waals surface area (Å²) < 4.78 is 14.1. The van der Waals surface area contributed by atoms with Crippen molar-refractivity contribution in [2.75, 3.05) is 18.2 Å². The van der Waals surface area contributed by atoms with Crippen LogP contribution in [0, 0.1) is 0 Å². The van der Waals surface area contributed by atoms with Gasteiger partial charge in [-0.2, -0.15) is 0 Å². The fourth-order valence-electron chi connectivity index (χ4n) is 2.82. The molecular formula is C21H23BrN4O3S. The lowest BCUT2D eigenvalue weighted by Gasteiger charge is -2.16. The van der Waals surface area contributed by atoms with Crippen molar-refractivity contribution in [1.29, 1.82) is 0 Å². The molecule has 2 aromatic carbocycles. The van der Waals surface area contributed by atoms with Crippen LogP contribution in [0.5, 0.6) is 11.5 Å². The molecule has 1 N–H and O–H groups in total. The lowest BCUT2D eigenvalue weighted by Crippen LogP contribution is -2.15. The maximum atomic E-state index is 12.3. The molecule has 0 aliphatic heterocycles. The van der Waals surface area contributed by atoms with E-state index in [1.165, 1.54) is 11.8 Å². The average Bonchev–Trinajstić information content (AvgIpc) is 3.17. The van der Waals surface area contributed by atoms with E-state index in [1.807, 2.05) is 66.9 Å². The molecule has 0 bridgehead atoms. The summed E-state index contributed by atoms with van der Waals surface area (Å²) in [5.74, 6) is 2.23. The van der Waals surface area contributed by atoms with E-state index >= 15 is 0 Å². The molecule has 1 unspecified atom stereocenters. The number of rotatable bonds is 9. The zero-order chi connectivity index (χ0) is 21.5. The van der Waals surface area contributed by atoms with Crippen LogP contribution in [0.1, 0.15) is 25.8 Å². The molecule has 1 amide bonds. The maximum Gasteiger partial charge on any atom is 0.234 e. The Kier molecular flexibility index (Phi) is 7.75. The molecule has 7 nitrogen and oxygen atoms in total. The van der Waals surface area contributed by atoms with Gasteiger partial charge in [0.15, 0.2) is 17.1 Å². The van der Waals surface area contributed by atoms with Crippen LogP contribution in [0.15, 0.2) is 58.2 Å². The maximum absolute atomic E-state index is 12.3. The van der Waals surface area contributed by atoms with Gasteiger partial charge in [0.2, 0.25) is 5.91 Å². The molecule has 0 saturated heterocycles. The Bertz CT molecular complexity index is 1010. The highest BCUT2D eigenvalue weighted by Gasteiger charge is 2.19. The summed E-state index contributed by atoms with van der Waals surface area (Å²) >= 11 is 4.77. The number of nitrogens with zero attached hydrogens (tertiary/aromatic N) is 3. The zero-order valence-corrected chi connectivity index (χ0v) is 19.4. The first-order chi connectivity index (χ1) is 14.5. The number of benzene rings is 2. The van der Waals surface area contributed by atoms with E-state index in [9.17, 15) is 4.79 Å². The van der Waals surface area contributed by atoms with Crippen LogP contribution in [0.3, 0.4) is 0 Å². The Morgan fingerprint density at radius 2 is 1.97 bits per heavy atom. The van der Waals surface area contributed by atoms with Crippen LogP contribution in [0.25, 0.3) is 0 Å². The number of hydrogen-bond acceptors (Lipinski definition) is 6. The molecule has 30 heavy (non-hydrogen) atoms. The molecule has 0 radical (unpaired) electrons. The first-order valence-corrected chi connectivity index (χ1v) is 11.2. The summed E-state index contributed by atoms with van der Waals surface area (Å²) in [4.78, 5) is 12.3. The molecule has 9 heteroatoms. The normalized spacial score (nSPS) is 11.7. The SMILES string of the molecule is CCn1c(SCC(=O)Nc2ccccc2Br)nnc1C(C)Oc1cccc(OC)c1. The van der Waals surface area contributed by atoms with Gasteiger partial charge in [0.1, 0.15) is 11.5 Å². The minimum Gasteiger partial charge on any atom is -0.497 e. The Hall–Kier alpha value is -2.52. The Balaban J connectivity index is 1.64. The predicted molar refractivity (Wildman–Crippen MR) is 121 cm³/mol. The lowest BCUT2D eigenvalue weighted by molar-refractivity contribution is -0.113. The fraction of sp³-hybridized carbons (Fsp3) is 0.286. The van der Waals surface area contributed by atoms with Crippen molar-refractivity contribution in [3.8, 4) is 11.5 Å². The van der Waals surface area contributed by atoms with Crippen molar-refractivity contribution in [1.82, 2.24) is 14.8 Å². The van der Waals surface area contributed by atoms with Crippen LogP contribution in [-0.2, 0) is 11.3 Å². The largest absolute Gasteiger partial charge is 0.497 e. The topological polar surface area (TPSA) is 78.3 Å². The number of amides is 1. The van der Waals surface area contributed by atoms with E-state index in [-0.39, 0.29) is 17.8 Å². The summed E-state index contributed by atoms with van der Waals surface area (Å²) in [7, 11) is 1.62. The zero-order valence-electron chi connectivity index (χ0n) is 17.0. The predicted octanol–water partition coefficient (Wildman–Crippen LogP) is 4.94. The Morgan fingerprint density at radius 3 is 2.70 bits per heavy atom. The molecule has 1 aromatic heterocycles. The number of anilines is 1. The van der Waals surface area contributed by atoms with Gasteiger partial charge in [0.25, 0.3) is 0 Å². The quantitative estimate of drug-likeness (QED) is 0.428. The third-order valence-electron chi connectivity index (χ3n) is 4.26. The number of para-hydroxylation sites is 1. The molecular weight excluding hydrogens is 468 g/mol. The van der Waals surface area contributed by atoms with Crippen LogP contribution in [0.4, 0.5) is 5.69 Å². The number of nitrogens with one attached hydrogen (secondary N) is 1. The van der Waals surface area contributed by atoms with Crippen LogP contribution >= 0.6 is 27.7 Å². The van der Waals surface area contributed by atoms with E-state index in [2.05, 4.69) is 31.4 Å². The summed E-state index contributed by atoms with van der Waals surface area (Å²) in [6.45, 7) is 4.60. The van der Waals surface area contributed by atoms with E-state index in [4.69, 9.17) is 9.47 Å². The highest BCUT2D eigenvalue weighted by atomic mass is 79.9. The van der Waals surface area contributed by atoms with Gasteiger partial charge in [-0.05, 0) is 54.0 Å². The molecule has 3 aromatic rings. The summed E-state index contributed by atoms with van der Waals surface area (Å²) in [5.41, 5.74) is 0.737. The number of methoxy groups -OCH3 is 1. The highest BCUT2D eigenvalue weighted by Crippen LogP contribution is 2.27. The number of aromatic nitrogens is 3. The Labute approximate surface area is 188 Å². The number of thioether (sulfide) groups is 1. The van der Waals surface area contributed by atoms with Crippen LogP contribution in [0.2, 0.25) is 0 Å². The third kappa shape index (κ3) is 5.54. The summed E-state index contributed by atoms with van der Waals surface area (Å²) in [5, 5.41) is 12.1. The number of hydrogen-bond donors (Lipinski definition) is 1. The van der Waals surface area contributed by atoms with Crippen molar-refractivity contribution < 1.29 is 14.3 Å². The second-order valence-electron chi connectivity index (χ2n) is 6.34. The molecule has 3 rings (SSSR count). The molecule has 0 saturated carbocycles.